The summed E-state index contributed by atoms with van der Waals surface area (Å²) in [6, 6.07) is 3.76. The van der Waals surface area contributed by atoms with E-state index >= 15 is 0 Å². The third-order valence-electron chi connectivity index (χ3n) is 2.06. The Kier molecular flexibility index (Phi) is 1.41. The lowest BCUT2D eigenvalue weighted by molar-refractivity contribution is 0.362. The summed E-state index contributed by atoms with van der Waals surface area (Å²) in [4.78, 5) is 0. The number of benzene rings is 1. The third kappa shape index (κ3) is 1.01. The van der Waals surface area contributed by atoms with Gasteiger partial charge in [0, 0.05) is 10.8 Å². The van der Waals surface area contributed by atoms with Crippen LogP contribution in [0.3, 0.4) is 0 Å². The van der Waals surface area contributed by atoms with E-state index in [1.807, 2.05) is 12.1 Å². The van der Waals surface area contributed by atoms with Gasteiger partial charge in [-0.15, -0.1) is 0 Å². The van der Waals surface area contributed by atoms with Crippen LogP contribution < -0.4 is 9.47 Å². The van der Waals surface area contributed by atoms with Gasteiger partial charge in [-0.25, -0.2) is 0 Å². The summed E-state index contributed by atoms with van der Waals surface area (Å²) in [7, 11) is 0. The lowest BCUT2D eigenvalue weighted by atomic mass is 10.2. The molecule has 0 unspecified atom stereocenters. The first-order chi connectivity index (χ1) is 6.93. The van der Waals surface area contributed by atoms with E-state index in [-0.39, 0.29) is 0 Å². The van der Waals surface area contributed by atoms with Crippen molar-refractivity contribution in [3.63, 3.8) is 0 Å². The highest BCUT2D eigenvalue weighted by Gasteiger charge is 2.09. The van der Waals surface area contributed by atoms with Crippen LogP contribution in [0.2, 0.25) is 0 Å². The summed E-state index contributed by atoms with van der Waals surface area (Å²) in [6.45, 7) is 0. The van der Waals surface area contributed by atoms with Crippen molar-refractivity contribution >= 4 is 10.8 Å². The van der Waals surface area contributed by atoms with E-state index in [1.54, 1.807) is 12.4 Å². The average molecular weight is 186 g/mol. The monoisotopic (exact) mass is 186 g/mol. The highest BCUT2D eigenvalue weighted by atomic mass is 16.5. The molecule has 1 aliphatic rings. The van der Waals surface area contributed by atoms with E-state index in [2.05, 4.69) is 10.2 Å². The SMILES string of the molecule is C1=COc2cc3cnncc3cc2O1. The van der Waals surface area contributed by atoms with Crippen LogP contribution in [0.25, 0.3) is 10.8 Å². The summed E-state index contributed by atoms with van der Waals surface area (Å²) in [5, 5.41) is 9.56. The zero-order chi connectivity index (χ0) is 9.38. The molecule has 0 saturated carbocycles. The Balaban J connectivity index is 2.30. The molecule has 0 spiro atoms. The first-order valence-electron chi connectivity index (χ1n) is 4.16. The second-order valence-corrected chi connectivity index (χ2v) is 2.92. The van der Waals surface area contributed by atoms with E-state index in [0.29, 0.717) is 11.5 Å². The minimum Gasteiger partial charge on any atom is -0.458 e. The second kappa shape index (κ2) is 2.70. The van der Waals surface area contributed by atoms with Crippen LogP contribution in [-0.2, 0) is 0 Å². The van der Waals surface area contributed by atoms with Gasteiger partial charge in [-0.2, -0.15) is 10.2 Å². The van der Waals surface area contributed by atoms with E-state index in [0.717, 1.165) is 10.8 Å². The Labute approximate surface area is 79.8 Å². The van der Waals surface area contributed by atoms with Crippen molar-refractivity contribution < 1.29 is 9.47 Å². The van der Waals surface area contributed by atoms with Gasteiger partial charge in [-0.3, -0.25) is 0 Å². The van der Waals surface area contributed by atoms with Crippen molar-refractivity contribution in [2.75, 3.05) is 0 Å². The molecule has 1 aliphatic heterocycles. The molecule has 0 N–H and O–H groups in total. The van der Waals surface area contributed by atoms with Crippen LogP contribution in [0.15, 0.2) is 37.1 Å². The predicted octanol–water partition coefficient (Wildman–Crippen LogP) is 1.87. The first-order valence-corrected chi connectivity index (χ1v) is 4.16. The minimum absolute atomic E-state index is 0.702. The van der Waals surface area contributed by atoms with Crippen molar-refractivity contribution in [2.45, 2.75) is 0 Å². The first kappa shape index (κ1) is 7.32. The fourth-order valence-corrected chi connectivity index (χ4v) is 1.39. The van der Waals surface area contributed by atoms with E-state index in [9.17, 15) is 0 Å². The molecule has 0 bridgehead atoms. The van der Waals surface area contributed by atoms with Crippen LogP contribution in [0.4, 0.5) is 0 Å². The molecule has 0 fully saturated rings. The van der Waals surface area contributed by atoms with E-state index in [4.69, 9.17) is 9.47 Å². The topological polar surface area (TPSA) is 44.2 Å². The molecular formula is C10H6N2O2. The van der Waals surface area contributed by atoms with Gasteiger partial charge in [0.1, 0.15) is 12.5 Å². The highest BCUT2D eigenvalue weighted by Crippen LogP contribution is 2.33. The fraction of sp³-hybridized carbons (Fsp3) is 0. The summed E-state index contributed by atoms with van der Waals surface area (Å²) in [6.07, 6.45) is 6.39. The Morgan fingerprint density at radius 2 is 1.29 bits per heavy atom. The molecule has 1 aromatic carbocycles. The number of fused-ring (bicyclic) bond motifs is 2. The molecule has 0 radical (unpaired) electrons. The van der Waals surface area contributed by atoms with Crippen molar-refractivity contribution in [2.24, 2.45) is 0 Å². The fourth-order valence-electron chi connectivity index (χ4n) is 1.39. The summed E-state index contributed by atoms with van der Waals surface area (Å²) in [5.74, 6) is 1.40. The minimum atomic E-state index is 0.702. The molecule has 2 heterocycles. The molecule has 2 aromatic rings. The Hall–Kier alpha value is -2.10. The maximum Gasteiger partial charge on any atom is 0.169 e. The number of hydrogen-bond donors (Lipinski definition) is 0. The Morgan fingerprint density at radius 1 is 0.786 bits per heavy atom. The van der Waals surface area contributed by atoms with Crippen molar-refractivity contribution in [3.05, 3.63) is 37.1 Å². The maximum atomic E-state index is 5.28. The van der Waals surface area contributed by atoms with Crippen molar-refractivity contribution in [3.8, 4) is 11.5 Å². The summed E-state index contributed by atoms with van der Waals surface area (Å²) >= 11 is 0. The van der Waals surface area contributed by atoms with Crippen LogP contribution in [0, 0.1) is 0 Å². The Morgan fingerprint density at radius 3 is 1.79 bits per heavy atom. The second-order valence-electron chi connectivity index (χ2n) is 2.92. The van der Waals surface area contributed by atoms with Gasteiger partial charge in [0.25, 0.3) is 0 Å². The molecule has 14 heavy (non-hydrogen) atoms. The van der Waals surface area contributed by atoms with Gasteiger partial charge in [-0.1, -0.05) is 0 Å². The zero-order valence-corrected chi connectivity index (χ0v) is 7.18. The van der Waals surface area contributed by atoms with Gasteiger partial charge < -0.3 is 9.47 Å². The normalized spacial score (nSPS) is 13.1. The van der Waals surface area contributed by atoms with Gasteiger partial charge in [0.05, 0.1) is 12.4 Å². The molecule has 1 aromatic heterocycles. The van der Waals surface area contributed by atoms with Gasteiger partial charge in [0.2, 0.25) is 0 Å². The number of aromatic nitrogens is 2. The largest absolute Gasteiger partial charge is 0.458 e. The standard InChI is InChI=1S/C10H6N2O2/c1-2-14-10-4-8-6-12-11-5-7(8)3-9(10)13-1/h1-6H. The molecule has 0 aliphatic carbocycles. The van der Waals surface area contributed by atoms with Crippen LogP contribution in [-0.4, -0.2) is 10.2 Å². The maximum absolute atomic E-state index is 5.28. The molecule has 3 rings (SSSR count). The van der Waals surface area contributed by atoms with Gasteiger partial charge in [-0.05, 0) is 12.1 Å². The molecular weight excluding hydrogens is 180 g/mol. The lowest BCUT2D eigenvalue weighted by Gasteiger charge is -2.12. The zero-order valence-electron chi connectivity index (χ0n) is 7.18. The molecule has 68 valence electrons. The smallest absolute Gasteiger partial charge is 0.169 e. The number of ether oxygens (including phenoxy) is 2. The van der Waals surface area contributed by atoms with Crippen LogP contribution in [0.5, 0.6) is 11.5 Å². The highest BCUT2D eigenvalue weighted by molar-refractivity contribution is 5.84. The lowest BCUT2D eigenvalue weighted by Crippen LogP contribution is -1.96. The molecule has 0 amide bonds. The van der Waals surface area contributed by atoms with Crippen molar-refractivity contribution in [1.29, 1.82) is 0 Å². The summed E-state index contributed by atoms with van der Waals surface area (Å²) in [5.41, 5.74) is 0. The number of nitrogens with zero attached hydrogens (tertiary/aromatic N) is 2. The predicted molar refractivity (Wildman–Crippen MR) is 49.9 cm³/mol. The van der Waals surface area contributed by atoms with Crippen LogP contribution >= 0.6 is 0 Å². The third-order valence-corrected chi connectivity index (χ3v) is 2.06. The Bertz CT molecular complexity index is 476. The number of rotatable bonds is 0. The van der Waals surface area contributed by atoms with E-state index in [1.165, 1.54) is 12.5 Å². The molecule has 4 heteroatoms. The quantitative estimate of drug-likeness (QED) is 0.630. The average Bonchev–Trinajstić information content (AvgIpc) is 2.26. The summed E-state index contributed by atoms with van der Waals surface area (Å²) < 4.78 is 10.6. The molecule has 0 atom stereocenters. The molecule has 4 nitrogen and oxygen atoms in total. The van der Waals surface area contributed by atoms with Gasteiger partial charge in [0.15, 0.2) is 11.5 Å². The van der Waals surface area contributed by atoms with Gasteiger partial charge >= 0.3 is 0 Å². The van der Waals surface area contributed by atoms with Crippen molar-refractivity contribution in [1.82, 2.24) is 10.2 Å². The van der Waals surface area contributed by atoms with Crippen LogP contribution in [0.1, 0.15) is 0 Å². The number of hydrogen-bond acceptors (Lipinski definition) is 4. The molecule has 0 saturated heterocycles. The van der Waals surface area contributed by atoms with E-state index < -0.39 is 0 Å².